The number of nitrogens with two attached hydrogens (primary N) is 1. The molecule has 21 heteroatoms. The number of H-pyrrole nitrogens is 1. The molecule has 0 unspecified atom stereocenters. The van der Waals surface area contributed by atoms with Crippen molar-refractivity contribution in [3.05, 3.63) is 387 Å². The smallest absolute Gasteiger partial charge is 0.292 e. The minimum Gasteiger partial charge on any atom is -0.393 e. The summed E-state index contributed by atoms with van der Waals surface area (Å²) in [6.07, 6.45) is 0.891. The number of hydrogen-bond acceptors (Lipinski definition) is 10. The molecule has 0 bridgehead atoms. The zero-order chi connectivity index (χ0) is 80.4. The van der Waals surface area contributed by atoms with Crippen LogP contribution in [0.4, 0.5) is 37.7 Å². The number of nitrogens with one attached hydrogen (secondary N) is 1. The summed E-state index contributed by atoms with van der Waals surface area (Å²) in [7, 11) is 0. The van der Waals surface area contributed by atoms with E-state index in [0.29, 0.717) is 33.7 Å². The van der Waals surface area contributed by atoms with Crippen LogP contribution in [0, 0.1) is 72.7 Å². The van der Waals surface area contributed by atoms with Crippen LogP contribution in [0.2, 0.25) is 0 Å². The van der Waals surface area contributed by atoms with Crippen LogP contribution in [-0.4, -0.2) is 57.3 Å². The summed E-state index contributed by atoms with van der Waals surface area (Å²) in [5.74, 6) is -5.26. The molecule has 562 valence electrons. The lowest BCUT2D eigenvalue weighted by Gasteiger charge is -2.11. The van der Waals surface area contributed by atoms with E-state index in [9.17, 15) is 55.6 Å². The maximum Gasteiger partial charge on any atom is 0.292 e. The summed E-state index contributed by atoms with van der Waals surface area (Å²) in [6, 6.07) is 87.0. The highest BCUT2D eigenvalue weighted by Crippen LogP contribution is 2.36. The van der Waals surface area contributed by atoms with Crippen LogP contribution in [-0.2, 0) is 0 Å². The quantitative estimate of drug-likeness (QED) is 0.0368. The summed E-state index contributed by atoms with van der Waals surface area (Å²) in [5.41, 5.74) is 17.8. The molecule has 114 heavy (non-hydrogen) atoms. The summed E-state index contributed by atoms with van der Waals surface area (Å²) in [5, 5.41) is 18.0. The van der Waals surface area contributed by atoms with Crippen LogP contribution in [0.25, 0.3) is 110 Å². The zero-order valence-electron chi connectivity index (χ0n) is 61.2. The number of nitro groups is 1. The largest absolute Gasteiger partial charge is 0.393 e. The average molecular weight is 1540 g/mol. The molecule has 0 saturated heterocycles. The van der Waals surface area contributed by atoms with E-state index in [1.807, 2.05) is 178 Å². The first-order chi connectivity index (χ1) is 55.0. The fraction of sp³-hybridized carbons (Fsp3) is 0.0430. The number of carbonyl (C=O) groups is 4. The van der Waals surface area contributed by atoms with Gasteiger partial charge in [0.15, 0.2) is 41.2 Å². The van der Waals surface area contributed by atoms with E-state index in [1.165, 1.54) is 49.7 Å². The van der Waals surface area contributed by atoms with E-state index in [1.54, 1.807) is 13.0 Å². The van der Waals surface area contributed by atoms with Crippen molar-refractivity contribution in [1.82, 2.24) is 29.1 Å². The van der Waals surface area contributed by atoms with E-state index in [4.69, 9.17) is 32.3 Å². The number of aromatic nitrogens is 6. The second-order valence-corrected chi connectivity index (χ2v) is 26.8. The summed E-state index contributed by atoms with van der Waals surface area (Å²) < 4.78 is 82.1. The van der Waals surface area contributed by atoms with Gasteiger partial charge in [0.25, 0.3) is 22.7 Å². The van der Waals surface area contributed by atoms with Gasteiger partial charge in [-0.25, -0.2) is 41.3 Å². The number of nitro benzene ring substituents is 1. The van der Waals surface area contributed by atoms with Gasteiger partial charge < -0.3 is 10.7 Å². The van der Waals surface area contributed by atoms with E-state index < -0.39 is 56.9 Å². The van der Waals surface area contributed by atoms with Crippen molar-refractivity contribution in [2.75, 3.05) is 5.73 Å². The van der Waals surface area contributed by atoms with Crippen LogP contribution in [0.1, 0.15) is 63.7 Å². The predicted octanol–water partition coefficient (Wildman–Crippen LogP) is 23.4. The van der Waals surface area contributed by atoms with Crippen LogP contribution >= 0.6 is 11.6 Å². The third kappa shape index (κ3) is 17.1. The average Bonchev–Trinajstić information content (AvgIpc) is 1.59. The number of aromatic amines is 1. The molecule has 0 aliphatic carbocycles. The lowest BCUT2D eigenvalue weighted by molar-refractivity contribution is -0.383. The molecule has 0 spiro atoms. The molecule has 0 aliphatic rings. The highest BCUT2D eigenvalue weighted by atomic mass is 35.5. The minimum absolute atomic E-state index is 0.0231. The van der Waals surface area contributed by atoms with Gasteiger partial charge in [-0.05, 0) is 202 Å². The van der Waals surface area contributed by atoms with Gasteiger partial charge in [-0.15, -0.1) is 0 Å². The Bertz CT molecular complexity index is 6680. The van der Waals surface area contributed by atoms with Crippen LogP contribution in [0.15, 0.2) is 297 Å². The van der Waals surface area contributed by atoms with Crippen molar-refractivity contribution in [1.29, 1.82) is 0 Å². The molecule has 3 aromatic heterocycles. The highest BCUT2D eigenvalue weighted by molar-refractivity contribution is 6.67. The third-order valence-electron chi connectivity index (χ3n) is 18.6. The number of hydrogen-bond donors (Lipinski definition) is 2. The fourth-order valence-corrected chi connectivity index (χ4v) is 13.1. The van der Waals surface area contributed by atoms with Gasteiger partial charge in [-0.2, -0.15) is 0 Å². The van der Waals surface area contributed by atoms with Crippen molar-refractivity contribution in [3.63, 3.8) is 0 Å². The minimum atomic E-state index is -1.07. The van der Waals surface area contributed by atoms with E-state index in [-0.39, 0.29) is 28.1 Å². The first-order valence-electron chi connectivity index (χ1n) is 35.5. The lowest BCUT2D eigenvalue weighted by atomic mass is 10.0. The molecule has 3 N–H and O–H groups in total. The van der Waals surface area contributed by atoms with Crippen molar-refractivity contribution >= 4 is 123 Å². The lowest BCUT2D eigenvalue weighted by Crippen LogP contribution is -2.14. The molecule has 0 radical (unpaired) electrons. The van der Waals surface area contributed by atoms with E-state index >= 15 is 0 Å². The van der Waals surface area contributed by atoms with Gasteiger partial charge >= 0.3 is 0 Å². The Morgan fingerprint density at radius 1 is 0.404 bits per heavy atom. The number of imidazole rings is 3. The van der Waals surface area contributed by atoms with Crippen molar-refractivity contribution in [2.45, 2.75) is 27.7 Å². The predicted molar refractivity (Wildman–Crippen MR) is 439 cm³/mol. The first kappa shape index (κ1) is 77.7. The fourth-order valence-electron chi connectivity index (χ4n) is 13.0. The number of aryl methyl sites for hydroxylation is 4. The van der Waals surface area contributed by atoms with Gasteiger partial charge in [-0.3, -0.25) is 38.4 Å². The Kier molecular flexibility index (Phi) is 23.3. The maximum absolute atomic E-state index is 13.8. The summed E-state index contributed by atoms with van der Waals surface area (Å²) in [4.78, 5) is 75.4. The van der Waals surface area contributed by atoms with E-state index in [2.05, 4.69) is 72.6 Å². The van der Waals surface area contributed by atoms with Crippen molar-refractivity contribution in [3.8, 4) is 34.2 Å². The Labute approximate surface area is 652 Å². The van der Waals surface area contributed by atoms with Gasteiger partial charge in [0.2, 0.25) is 0 Å². The highest BCUT2D eigenvalue weighted by Gasteiger charge is 2.25. The molecule has 3 heterocycles. The normalized spacial score (nSPS) is 10.8. The van der Waals surface area contributed by atoms with Gasteiger partial charge in [-0.1, -0.05) is 194 Å². The Balaban J connectivity index is 0.000000126. The number of anilines is 1. The molecular weight excluding hydrogens is 1470 g/mol. The first-order valence-corrected chi connectivity index (χ1v) is 35.9. The number of carbonyl (C=O) groups excluding carboxylic acids is 4. The number of fused-ring (bicyclic) bond motifs is 7. The van der Waals surface area contributed by atoms with Crippen LogP contribution < -0.4 is 5.73 Å². The molecule has 14 nitrogen and oxygen atoms in total. The Morgan fingerprint density at radius 3 is 1.32 bits per heavy atom. The van der Waals surface area contributed by atoms with Gasteiger partial charge in [0.1, 0.15) is 23.2 Å². The molecule has 0 amide bonds. The topological polar surface area (TPSA) is 202 Å². The van der Waals surface area contributed by atoms with Gasteiger partial charge in [0, 0.05) is 45.0 Å². The van der Waals surface area contributed by atoms with Crippen LogP contribution in [0.3, 0.4) is 0 Å². The Hall–Kier alpha value is -14.5. The SMILES string of the molecule is Cc1ccc(N)c([N+](=O)[O-])c1.Cc1ccc2c(c1)nc(-c1cccc3ccccc13)n2C(=O)c1ccc(F)c(F)c1.Cc1ccc2nc(-c3cccc4ccccc34)[nH]c2c1.Cc1ccc2nc(-c3cccc4ccccc34)n(C(=O)c3ccc(F)c(F)c3)c2c1.O=C(Cl)c1ccc(F)c(F)c1.O=Cc1cccc2ccccc12. The molecule has 0 aliphatic heterocycles. The number of aldehydes is 1. The standard InChI is InChI=1S/2C25H16F2N2O.C18H14N2.C11H8O.C7H3ClF2O.C7H8N2O2/c1-15-9-12-23-22(13-15)28-24(19-8-4-6-16-5-2-3-7-18(16)19)29(23)25(30)17-10-11-20(26)21(27)14-17;1-15-9-12-22-23(13-15)29(25(30)17-10-11-20(26)21(27)14-17)24(28-22)19-8-4-6-16-5-2-3-7-18(16)19;1-12-9-10-16-17(11-12)20-18(19-16)15-8-4-6-13-5-2-3-7-14(13)15;12-8-10-6-3-5-9-4-1-2-7-11(9)10;8-7(11)4-1-2-5(9)6(10)3-4;1-5-2-3-6(8)7(4-5)9(10)11/h2*2-14H,1H3;2-11H,1H3,(H,19,20);1-8H;1-3H;2-4H,8H2,1H3. The number of benzene rings is 15. The number of nitrogen functional groups attached to an aromatic ring is 1. The second kappa shape index (κ2) is 34.2. The second-order valence-electron chi connectivity index (χ2n) is 26.5. The summed E-state index contributed by atoms with van der Waals surface area (Å²) >= 11 is 5.00. The number of halogens is 7. The molecule has 18 aromatic rings. The zero-order valence-corrected chi connectivity index (χ0v) is 62.0. The third-order valence-corrected chi connectivity index (χ3v) is 18.8. The molecular formula is C93H65ClF6N8O6. The number of nitrogens with zero attached hydrogens (tertiary/aromatic N) is 6. The number of rotatable bonds is 8. The molecule has 18 rings (SSSR count). The Morgan fingerprint density at radius 2 is 0.807 bits per heavy atom. The monoisotopic (exact) mass is 1540 g/mol. The van der Waals surface area contributed by atoms with Crippen molar-refractivity contribution < 1.29 is 50.4 Å². The molecule has 0 saturated carbocycles. The van der Waals surface area contributed by atoms with Gasteiger partial charge in [0.05, 0.1) is 38.0 Å². The van der Waals surface area contributed by atoms with Crippen LogP contribution in [0.5, 0.6) is 0 Å². The summed E-state index contributed by atoms with van der Waals surface area (Å²) in [6.45, 7) is 7.76. The molecule has 15 aromatic carbocycles. The van der Waals surface area contributed by atoms with E-state index in [0.717, 1.165) is 137 Å². The molecule has 0 fully saturated rings. The molecule has 0 atom stereocenters. The van der Waals surface area contributed by atoms with Crippen molar-refractivity contribution in [2.24, 2.45) is 0 Å². The maximum atomic E-state index is 13.8.